The van der Waals surface area contributed by atoms with E-state index in [9.17, 15) is 0 Å². The Kier molecular flexibility index (Phi) is 6.64. The van der Waals surface area contributed by atoms with Crippen molar-refractivity contribution in [2.45, 2.75) is 43.9 Å². The highest BCUT2D eigenvalue weighted by Gasteiger charge is 2.01. The van der Waals surface area contributed by atoms with Gasteiger partial charge in [0.1, 0.15) is 0 Å². The molecule has 1 heterocycles. The molecule has 0 fully saturated rings. The van der Waals surface area contributed by atoms with Crippen molar-refractivity contribution in [1.29, 1.82) is 0 Å². The van der Waals surface area contributed by atoms with Crippen LogP contribution in [0.5, 0.6) is 0 Å². The molecule has 1 N–H and O–H groups in total. The number of nitrogens with one attached hydrogen (secondary N) is 1. The summed E-state index contributed by atoms with van der Waals surface area (Å²) in [6.45, 7) is 6.48. The molecule has 2 rings (SSSR count). The van der Waals surface area contributed by atoms with Crippen molar-refractivity contribution in [3.05, 3.63) is 51.7 Å². The lowest BCUT2D eigenvalue weighted by molar-refractivity contribution is 0.675. The maximum atomic E-state index is 3.43. The van der Waals surface area contributed by atoms with Gasteiger partial charge in [-0.15, -0.1) is 23.1 Å². The third-order valence-electron chi connectivity index (χ3n) is 3.13. The molecule has 0 atom stereocenters. The highest BCUT2D eigenvalue weighted by atomic mass is 32.2. The molecule has 0 aliphatic carbocycles. The summed E-state index contributed by atoms with van der Waals surface area (Å²) < 4.78 is 0. The van der Waals surface area contributed by atoms with Crippen LogP contribution in [-0.2, 0) is 18.7 Å². The van der Waals surface area contributed by atoms with Crippen LogP contribution in [0.15, 0.2) is 41.3 Å². The minimum atomic E-state index is 0.976. The molecule has 3 heteroatoms. The van der Waals surface area contributed by atoms with Gasteiger partial charge in [0, 0.05) is 26.9 Å². The number of thiophene rings is 1. The summed E-state index contributed by atoms with van der Waals surface area (Å²) in [6.07, 6.45) is 2.34. The van der Waals surface area contributed by atoms with E-state index in [4.69, 9.17) is 0 Å². The summed E-state index contributed by atoms with van der Waals surface area (Å²) >= 11 is 3.86. The van der Waals surface area contributed by atoms with Crippen LogP contribution in [0.25, 0.3) is 0 Å². The molecule has 1 aromatic carbocycles. The molecule has 1 aromatic heterocycles. The molecule has 0 bridgehead atoms. The Morgan fingerprint density at radius 3 is 2.40 bits per heavy atom. The van der Waals surface area contributed by atoms with Crippen molar-refractivity contribution >= 4 is 23.1 Å². The van der Waals surface area contributed by atoms with E-state index in [1.54, 1.807) is 0 Å². The van der Waals surface area contributed by atoms with E-state index in [-0.39, 0.29) is 0 Å². The van der Waals surface area contributed by atoms with Gasteiger partial charge >= 0.3 is 0 Å². The van der Waals surface area contributed by atoms with Gasteiger partial charge in [0.15, 0.2) is 0 Å². The number of benzene rings is 1. The summed E-state index contributed by atoms with van der Waals surface area (Å²) in [4.78, 5) is 4.31. The lowest BCUT2D eigenvalue weighted by atomic mass is 10.2. The SMILES string of the molecule is CCCNCc1ccc(SCc2ccc(CC)s2)cc1. The van der Waals surface area contributed by atoms with Gasteiger partial charge in [-0.2, -0.15) is 0 Å². The first kappa shape index (κ1) is 15.6. The number of aryl methyl sites for hydroxylation is 1. The third kappa shape index (κ3) is 4.97. The fourth-order valence-electron chi connectivity index (χ4n) is 1.96. The molecule has 0 saturated carbocycles. The molecule has 1 nitrogen and oxygen atoms in total. The lowest BCUT2D eigenvalue weighted by Crippen LogP contribution is -2.13. The molecule has 2 aromatic rings. The Hall–Kier alpha value is -0.770. The maximum Gasteiger partial charge on any atom is 0.0326 e. The van der Waals surface area contributed by atoms with Crippen molar-refractivity contribution in [3.8, 4) is 0 Å². The average Bonchev–Trinajstić information content (AvgIpc) is 2.95. The van der Waals surface area contributed by atoms with Crippen LogP contribution in [0.3, 0.4) is 0 Å². The number of hydrogen-bond acceptors (Lipinski definition) is 3. The first-order valence-corrected chi connectivity index (χ1v) is 9.12. The van der Waals surface area contributed by atoms with Crippen molar-refractivity contribution in [2.75, 3.05) is 6.54 Å². The third-order valence-corrected chi connectivity index (χ3v) is 5.60. The summed E-state index contributed by atoms with van der Waals surface area (Å²) in [5.74, 6) is 1.08. The van der Waals surface area contributed by atoms with Crippen LogP contribution in [0, 0.1) is 0 Å². The zero-order valence-electron chi connectivity index (χ0n) is 12.3. The van der Waals surface area contributed by atoms with Crippen LogP contribution in [-0.4, -0.2) is 6.54 Å². The van der Waals surface area contributed by atoms with Gasteiger partial charge < -0.3 is 5.32 Å². The van der Waals surface area contributed by atoms with E-state index in [0.29, 0.717) is 0 Å². The van der Waals surface area contributed by atoms with E-state index in [1.807, 2.05) is 23.1 Å². The predicted octanol–water partition coefficient (Wildman–Crippen LogP) is 5.10. The number of rotatable bonds is 8. The molecule has 0 aliphatic rings. The smallest absolute Gasteiger partial charge is 0.0326 e. The van der Waals surface area contributed by atoms with Gasteiger partial charge in [0.05, 0.1) is 0 Å². The maximum absolute atomic E-state index is 3.43. The van der Waals surface area contributed by atoms with Gasteiger partial charge in [-0.1, -0.05) is 26.0 Å². The summed E-state index contributed by atoms with van der Waals surface area (Å²) in [6, 6.07) is 13.5. The molecular formula is C17H23NS2. The molecule has 108 valence electrons. The molecule has 0 spiro atoms. The second kappa shape index (κ2) is 8.50. The Morgan fingerprint density at radius 1 is 1.00 bits per heavy atom. The van der Waals surface area contributed by atoms with E-state index in [0.717, 1.165) is 25.3 Å². The zero-order chi connectivity index (χ0) is 14.2. The molecule has 0 radical (unpaired) electrons. The van der Waals surface area contributed by atoms with Gasteiger partial charge in [-0.05, 0) is 49.2 Å². The predicted molar refractivity (Wildman–Crippen MR) is 91.7 cm³/mol. The largest absolute Gasteiger partial charge is 0.313 e. The van der Waals surface area contributed by atoms with Crippen LogP contribution in [0.2, 0.25) is 0 Å². The minimum absolute atomic E-state index is 0.976. The number of hydrogen-bond donors (Lipinski definition) is 1. The second-order valence-electron chi connectivity index (χ2n) is 4.83. The topological polar surface area (TPSA) is 12.0 Å². The monoisotopic (exact) mass is 305 g/mol. The zero-order valence-corrected chi connectivity index (χ0v) is 13.9. The van der Waals surface area contributed by atoms with Crippen molar-refractivity contribution in [1.82, 2.24) is 5.32 Å². The highest BCUT2D eigenvalue weighted by molar-refractivity contribution is 7.98. The molecule has 0 aliphatic heterocycles. The van der Waals surface area contributed by atoms with Gasteiger partial charge in [0.25, 0.3) is 0 Å². The molecular weight excluding hydrogens is 282 g/mol. The minimum Gasteiger partial charge on any atom is -0.313 e. The first-order valence-electron chi connectivity index (χ1n) is 7.32. The van der Waals surface area contributed by atoms with Crippen LogP contribution < -0.4 is 5.32 Å². The average molecular weight is 306 g/mol. The normalized spacial score (nSPS) is 10.9. The fraction of sp³-hybridized carbons (Fsp3) is 0.412. The summed E-state index contributed by atoms with van der Waals surface area (Å²) in [5, 5.41) is 3.43. The lowest BCUT2D eigenvalue weighted by Gasteiger charge is -2.05. The van der Waals surface area contributed by atoms with E-state index < -0.39 is 0 Å². The van der Waals surface area contributed by atoms with Crippen LogP contribution in [0.4, 0.5) is 0 Å². The highest BCUT2D eigenvalue weighted by Crippen LogP contribution is 2.27. The Bertz CT molecular complexity index is 502. The van der Waals surface area contributed by atoms with Crippen LogP contribution >= 0.6 is 23.1 Å². The van der Waals surface area contributed by atoms with Crippen LogP contribution in [0.1, 0.15) is 35.6 Å². The Morgan fingerprint density at radius 2 is 1.75 bits per heavy atom. The first-order chi connectivity index (χ1) is 9.81. The summed E-state index contributed by atoms with van der Waals surface area (Å²) in [7, 11) is 0. The second-order valence-corrected chi connectivity index (χ2v) is 7.13. The Balaban J connectivity index is 1.81. The fourth-order valence-corrected chi connectivity index (χ4v) is 3.86. The van der Waals surface area contributed by atoms with E-state index in [2.05, 4.69) is 55.6 Å². The molecule has 0 saturated heterocycles. The van der Waals surface area contributed by atoms with E-state index >= 15 is 0 Å². The summed E-state index contributed by atoms with van der Waals surface area (Å²) in [5.41, 5.74) is 1.37. The van der Waals surface area contributed by atoms with Gasteiger partial charge in [-0.3, -0.25) is 0 Å². The van der Waals surface area contributed by atoms with Gasteiger partial charge in [0.2, 0.25) is 0 Å². The number of thioether (sulfide) groups is 1. The molecule has 20 heavy (non-hydrogen) atoms. The molecule has 0 amide bonds. The standard InChI is InChI=1S/C17H23NS2/c1-3-11-18-12-14-5-7-16(8-6-14)19-13-17-10-9-15(4-2)20-17/h5-10,18H,3-4,11-13H2,1-2H3. The molecule has 0 unspecified atom stereocenters. The quantitative estimate of drug-likeness (QED) is 0.538. The van der Waals surface area contributed by atoms with E-state index in [1.165, 1.54) is 26.6 Å². The van der Waals surface area contributed by atoms with Crippen molar-refractivity contribution in [2.24, 2.45) is 0 Å². The van der Waals surface area contributed by atoms with Crippen molar-refractivity contribution in [3.63, 3.8) is 0 Å². The Labute approximate surface area is 130 Å². The van der Waals surface area contributed by atoms with Crippen molar-refractivity contribution < 1.29 is 0 Å². The van der Waals surface area contributed by atoms with Gasteiger partial charge in [-0.25, -0.2) is 0 Å².